The van der Waals surface area contributed by atoms with Crippen molar-refractivity contribution in [2.24, 2.45) is 0 Å². The second-order valence-corrected chi connectivity index (χ2v) is 7.80. The number of nitrogens with one attached hydrogen (secondary N) is 1. The average molecular weight is 441 g/mol. The number of carbonyl (C=O) groups is 1. The first-order valence-electron chi connectivity index (χ1n) is 9.57. The third kappa shape index (κ3) is 4.54. The summed E-state index contributed by atoms with van der Waals surface area (Å²) in [5.74, 6) is -0.300. The topological polar surface area (TPSA) is 46.9 Å². The summed E-state index contributed by atoms with van der Waals surface area (Å²) in [5.41, 5.74) is 2.05. The normalized spacial score (nSPS) is 11.5. The lowest BCUT2D eigenvalue weighted by Gasteiger charge is -2.09. The fraction of sp³-hybridized carbons (Fsp3) is 0.130. The second kappa shape index (κ2) is 8.39. The molecule has 4 nitrogen and oxygen atoms in total. The number of amides is 1. The van der Waals surface area contributed by atoms with Crippen molar-refractivity contribution in [1.82, 2.24) is 9.78 Å². The first-order valence-corrected chi connectivity index (χ1v) is 10.4. The van der Waals surface area contributed by atoms with Crippen molar-refractivity contribution >= 4 is 22.9 Å². The second-order valence-electron chi connectivity index (χ2n) is 6.85. The number of thiophene rings is 1. The van der Waals surface area contributed by atoms with Crippen molar-refractivity contribution in [3.63, 3.8) is 0 Å². The summed E-state index contributed by atoms with van der Waals surface area (Å²) < 4.78 is 41.0. The zero-order chi connectivity index (χ0) is 22.0. The van der Waals surface area contributed by atoms with E-state index in [0.717, 1.165) is 12.5 Å². The molecule has 2 heterocycles. The molecule has 0 aliphatic heterocycles. The number of aryl methyl sites for hydroxylation is 1. The molecule has 0 atom stereocenters. The molecule has 0 unspecified atom stereocenters. The van der Waals surface area contributed by atoms with E-state index in [4.69, 9.17) is 0 Å². The maximum Gasteiger partial charge on any atom is 0.435 e. The molecule has 0 saturated heterocycles. The van der Waals surface area contributed by atoms with Gasteiger partial charge in [-0.3, -0.25) is 4.79 Å². The standard InChI is InChI=1S/C23H18F3N3OS/c1-2-15-5-9-17(10-6-15)27-22(30)16-7-11-18(12-8-16)29-19(20-4-3-13-31-20)14-21(28-29)23(24,25)26/h3-14H,2H2,1H3,(H,27,30). The molecule has 4 aromatic rings. The van der Waals surface area contributed by atoms with Gasteiger partial charge in [-0.15, -0.1) is 11.3 Å². The van der Waals surface area contributed by atoms with Crippen LogP contribution in [0.15, 0.2) is 72.1 Å². The van der Waals surface area contributed by atoms with Crippen LogP contribution in [-0.4, -0.2) is 15.7 Å². The van der Waals surface area contributed by atoms with Gasteiger partial charge in [-0.1, -0.05) is 25.1 Å². The number of hydrogen-bond acceptors (Lipinski definition) is 3. The van der Waals surface area contributed by atoms with Crippen LogP contribution in [0.5, 0.6) is 0 Å². The van der Waals surface area contributed by atoms with E-state index in [2.05, 4.69) is 17.3 Å². The number of alkyl halides is 3. The highest BCUT2D eigenvalue weighted by molar-refractivity contribution is 7.13. The molecule has 4 rings (SSSR count). The summed E-state index contributed by atoms with van der Waals surface area (Å²) in [6.07, 6.45) is -3.64. The van der Waals surface area contributed by atoms with Gasteiger partial charge in [0.25, 0.3) is 5.91 Å². The Morgan fingerprint density at radius 1 is 1.06 bits per heavy atom. The SMILES string of the molecule is CCc1ccc(NC(=O)c2ccc(-n3nc(C(F)(F)F)cc3-c3cccs3)cc2)cc1. The number of carbonyl (C=O) groups excluding carboxylic acids is 1. The van der Waals surface area contributed by atoms with Crippen molar-refractivity contribution in [3.8, 4) is 16.3 Å². The fourth-order valence-corrected chi connectivity index (χ4v) is 3.82. The highest BCUT2D eigenvalue weighted by atomic mass is 32.1. The first kappa shape index (κ1) is 20.9. The molecular weight excluding hydrogens is 423 g/mol. The van der Waals surface area contributed by atoms with Crippen LogP contribution in [0.2, 0.25) is 0 Å². The van der Waals surface area contributed by atoms with E-state index in [9.17, 15) is 18.0 Å². The summed E-state index contributed by atoms with van der Waals surface area (Å²) in [4.78, 5) is 13.2. The Labute approximate surface area is 181 Å². The molecular formula is C23H18F3N3OS. The lowest BCUT2D eigenvalue weighted by molar-refractivity contribution is -0.141. The number of rotatable bonds is 5. The minimum absolute atomic E-state index is 0.300. The zero-order valence-corrected chi connectivity index (χ0v) is 17.3. The molecule has 0 aliphatic rings. The van der Waals surface area contributed by atoms with E-state index in [0.29, 0.717) is 27.5 Å². The summed E-state index contributed by atoms with van der Waals surface area (Å²) in [5, 5.41) is 8.37. The monoisotopic (exact) mass is 441 g/mol. The highest BCUT2D eigenvalue weighted by Crippen LogP contribution is 2.34. The first-order chi connectivity index (χ1) is 14.8. The third-order valence-electron chi connectivity index (χ3n) is 4.77. The van der Waals surface area contributed by atoms with Gasteiger partial charge in [0, 0.05) is 11.3 Å². The minimum atomic E-state index is -4.55. The van der Waals surface area contributed by atoms with Gasteiger partial charge in [0.1, 0.15) is 0 Å². The molecule has 2 aromatic heterocycles. The number of hydrogen-bond donors (Lipinski definition) is 1. The summed E-state index contributed by atoms with van der Waals surface area (Å²) >= 11 is 1.33. The van der Waals surface area contributed by atoms with Crippen LogP contribution in [-0.2, 0) is 12.6 Å². The lowest BCUT2D eigenvalue weighted by atomic mass is 10.1. The molecule has 1 N–H and O–H groups in total. The zero-order valence-electron chi connectivity index (χ0n) is 16.5. The highest BCUT2D eigenvalue weighted by Gasteiger charge is 2.35. The molecule has 158 valence electrons. The molecule has 1 amide bonds. The van der Waals surface area contributed by atoms with E-state index in [-0.39, 0.29) is 5.91 Å². The average Bonchev–Trinajstić information content (AvgIpc) is 3.44. The van der Waals surface area contributed by atoms with E-state index < -0.39 is 11.9 Å². The van der Waals surface area contributed by atoms with Gasteiger partial charge in [-0.2, -0.15) is 18.3 Å². The van der Waals surface area contributed by atoms with Gasteiger partial charge in [0.15, 0.2) is 5.69 Å². The van der Waals surface area contributed by atoms with Gasteiger partial charge in [0.2, 0.25) is 0 Å². The van der Waals surface area contributed by atoms with Crippen molar-refractivity contribution in [2.45, 2.75) is 19.5 Å². The number of aromatic nitrogens is 2. The summed E-state index contributed by atoms with van der Waals surface area (Å²) in [7, 11) is 0. The Balaban J connectivity index is 1.60. The van der Waals surface area contributed by atoms with E-state index in [1.165, 1.54) is 21.6 Å². The number of benzene rings is 2. The Morgan fingerprint density at radius 3 is 2.35 bits per heavy atom. The van der Waals surface area contributed by atoms with Crippen molar-refractivity contribution in [3.05, 3.63) is 88.9 Å². The Morgan fingerprint density at radius 2 is 1.77 bits per heavy atom. The molecule has 2 aromatic carbocycles. The summed E-state index contributed by atoms with van der Waals surface area (Å²) in [6, 6.07) is 18.4. The van der Waals surface area contributed by atoms with Crippen molar-refractivity contribution < 1.29 is 18.0 Å². The van der Waals surface area contributed by atoms with Crippen molar-refractivity contribution in [2.75, 3.05) is 5.32 Å². The molecule has 0 bridgehead atoms. The van der Waals surface area contributed by atoms with Crippen LogP contribution in [0.1, 0.15) is 28.5 Å². The van der Waals surface area contributed by atoms with E-state index >= 15 is 0 Å². The van der Waals surface area contributed by atoms with Crippen LogP contribution >= 0.6 is 11.3 Å². The summed E-state index contributed by atoms with van der Waals surface area (Å²) in [6.45, 7) is 2.05. The molecule has 0 radical (unpaired) electrons. The third-order valence-corrected chi connectivity index (χ3v) is 5.66. The van der Waals surface area contributed by atoms with Crippen LogP contribution in [0.4, 0.5) is 18.9 Å². The van der Waals surface area contributed by atoms with E-state index in [1.54, 1.807) is 41.8 Å². The van der Waals surface area contributed by atoms with Gasteiger partial charge in [-0.25, -0.2) is 4.68 Å². The largest absolute Gasteiger partial charge is 0.435 e. The maximum absolute atomic E-state index is 13.2. The molecule has 0 saturated carbocycles. The Hall–Kier alpha value is -3.39. The van der Waals surface area contributed by atoms with Gasteiger partial charge in [-0.05, 0) is 65.9 Å². The molecule has 0 aliphatic carbocycles. The predicted molar refractivity (Wildman–Crippen MR) is 116 cm³/mol. The smallest absolute Gasteiger partial charge is 0.322 e. The lowest BCUT2D eigenvalue weighted by Crippen LogP contribution is -2.12. The molecule has 0 fully saturated rings. The molecule has 0 spiro atoms. The predicted octanol–water partition coefficient (Wildman–Crippen LogP) is 6.43. The Bertz CT molecular complexity index is 1180. The molecule has 31 heavy (non-hydrogen) atoms. The number of anilines is 1. The Kier molecular flexibility index (Phi) is 5.65. The van der Waals surface area contributed by atoms with Crippen molar-refractivity contribution in [1.29, 1.82) is 0 Å². The number of nitrogens with zero attached hydrogens (tertiary/aromatic N) is 2. The quantitative estimate of drug-likeness (QED) is 0.388. The van der Waals surface area contributed by atoms with Crippen LogP contribution < -0.4 is 5.32 Å². The van der Waals surface area contributed by atoms with Gasteiger partial charge >= 0.3 is 6.18 Å². The van der Waals surface area contributed by atoms with Crippen LogP contribution in [0, 0.1) is 0 Å². The van der Waals surface area contributed by atoms with Gasteiger partial charge in [0.05, 0.1) is 16.3 Å². The van der Waals surface area contributed by atoms with Crippen LogP contribution in [0.25, 0.3) is 16.3 Å². The number of halogens is 3. The molecule has 8 heteroatoms. The van der Waals surface area contributed by atoms with E-state index in [1.807, 2.05) is 24.3 Å². The van der Waals surface area contributed by atoms with Crippen LogP contribution in [0.3, 0.4) is 0 Å². The fourth-order valence-electron chi connectivity index (χ4n) is 3.10. The maximum atomic E-state index is 13.2. The van der Waals surface area contributed by atoms with Gasteiger partial charge < -0.3 is 5.32 Å². The minimum Gasteiger partial charge on any atom is -0.322 e.